The molecule has 2 rings (SSSR count). The molecular weight excluding hydrogens is 236 g/mol. The summed E-state index contributed by atoms with van der Waals surface area (Å²) in [6.07, 6.45) is 0.729. The number of rotatable bonds is 3. The Hall–Kier alpha value is -1.90. The Kier molecular flexibility index (Phi) is 3.84. The van der Waals surface area contributed by atoms with Crippen LogP contribution in [0.3, 0.4) is 0 Å². The second-order valence-corrected chi connectivity index (χ2v) is 5.12. The number of aromatic nitrogens is 2. The molecule has 0 unspecified atom stereocenters. The Labute approximate surface area is 113 Å². The predicted molar refractivity (Wildman–Crippen MR) is 78.5 cm³/mol. The Bertz CT molecular complexity index is 624. The molecule has 1 heterocycles. The molecule has 1 N–H and O–H groups in total. The molecule has 0 bridgehead atoms. The molecule has 0 fully saturated rings. The smallest absolute Gasteiger partial charge is 0.254 e. The van der Waals surface area contributed by atoms with Crippen molar-refractivity contribution in [1.82, 2.24) is 9.97 Å². The van der Waals surface area contributed by atoms with Gasteiger partial charge < -0.3 is 4.98 Å². The molecule has 2 aromatic rings. The molecule has 0 saturated carbocycles. The first-order valence-corrected chi connectivity index (χ1v) is 6.73. The van der Waals surface area contributed by atoms with Crippen LogP contribution < -0.4 is 5.56 Å². The van der Waals surface area contributed by atoms with Gasteiger partial charge in [0, 0.05) is 17.5 Å². The minimum Gasteiger partial charge on any atom is -0.310 e. The largest absolute Gasteiger partial charge is 0.310 e. The van der Waals surface area contributed by atoms with Crippen LogP contribution in [0.1, 0.15) is 43.6 Å². The van der Waals surface area contributed by atoms with E-state index in [1.165, 1.54) is 5.56 Å². The van der Waals surface area contributed by atoms with Crippen molar-refractivity contribution in [3.05, 3.63) is 51.6 Å². The average Bonchev–Trinajstić information content (AvgIpc) is 2.41. The summed E-state index contributed by atoms with van der Waals surface area (Å²) in [6, 6.07) is 8.30. The van der Waals surface area contributed by atoms with Crippen LogP contribution in [0.5, 0.6) is 0 Å². The zero-order chi connectivity index (χ0) is 14.0. The van der Waals surface area contributed by atoms with Gasteiger partial charge in [-0.15, -0.1) is 0 Å². The Balaban J connectivity index is 2.52. The number of aromatic amines is 1. The quantitative estimate of drug-likeness (QED) is 0.914. The van der Waals surface area contributed by atoms with Gasteiger partial charge in [0.2, 0.25) is 0 Å². The lowest BCUT2D eigenvalue weighted by Crippen LogP contribution is -2.15. The maximum absolute atomic E-state index is 11.9. The van der Waals surface area contributed by atoms with E-state index < -0.39 is 0 Å². The fraction of sp³-hybridized carbons (Fsp3) is 0.375. The van der Waals surface area contributed by atoms with Crippen molar-refractivity contribution in [2.45, 2.75) is 40.0 Å². The Morgan fingerprint density at radius 1 is 1.21 bits per heavy atom. The summed E-state index contributed by atoms with van der Waals surface area (Å²) < 4.78 is 0. The summed E-state index contributed by atoms with van der Waals surface area (Å²) in [6.45, 7) is 8.14. The number of benzene rings is 1. The standard InChI is InChI=1S/C16H20N2O/c1-5-14-17-15(11(4)16(19)18-14)13-8-6-12(7-9-13)10(2)3/h6-10H,5H2,1-4H3,(H,17,18,19). The van der Waals surface area contributed by atoms with Gasteiger partial charge in [0.15, 0.2) is 0 Å². The van der Waals surface area contributed by atoms with Gasteiger partial charge in [0.1, 0.15) is 5.82 Å². The van der Waals surface area contributed by atoms with Crippen molar-refractivity contribution in [3.63, 3.8) is 0 Å². The normalized spacial score (nSPS) is 11.0. The first kappa shape index (κ1) is 13.5. The zero-order valence-corrected chi connectivity index (χ0v) is 11.9. The molecule has 0 radical (unpaired) electrons. The maximum Gasteiger partial charge on any atom is 0.254 e. The van der Waals surface area contributed by atoms with Gasteiger partial charge in [-0.1, -0.05) is 45.0 Å². The van der Waals surface area contributed by atoms with E-state index in [1.807, 2.05) is 26.0 Å². The lowest BCUT2D eigenvalue weighted by Gasteiger charge is -2.09. The van der Waals surface area contributed by atoms with Gasteiger partial charge in [0.05, 0.1) is 5.69 Å². The van der Waals surface area contributed by atoms with Crippen LogP contribution in [-0.4, -0.2) is 9.97 Å². The Morgan fingerprint density at radius 3 is 2.37 bits per heavy atom. The molecule has 0 aliphatic heterocycles. The summed E-state index contributed by atoms with van der Waals surface area (Å²) >= 11 is 0. The number of hydrogen-bond donors (Lipinski definition) is 1. The predicted octanol–water partition coefficient (Wildman–Crippen LogP) is 3.43. The van der Waals surface area contributed by atoms with Crippen LogP contribution in [-0.2, 0) is 6.42 Å². The van der Waals surface area contributed by atoms with E-state index in [1.54, 1.807) is 0 Å². The molecule has 0 saturated heterocycles. The van der Waals surface area contributed by atoms with Gasteiger partial charge >= 0.3 is 0 Å². The number of nitrogens with zero attached hydrogens (tertiary/aromatic N) is 1. The highest BCUT2D eigenvalue weighted by atomic mass is 16.1. The van der Waals surface area contributed by atoms with E-state index in [4.69, 9.17) is 0 Å². The van der Waals surface area contributed by atoms with Gasteiger partial charge in [-0.3, -0.25) is 4.79 Å². The van der Waals surface area contributed by atoms with E-state index in [0.29, 0.717) is 11.5 Å². The SMILES string of the molecule is CCc1nc(-c2ccc(C(C)C)cc2)c(C)c(=O)[nH]1. The van der Waals surface area contributed by atoms with Crippen LogP contribution in [0.15, 0.2) is 29.1 Å². The van der Waals surface area contributed by atoms with E-state index in [2.05, 4.69) is 35.9 Å². The van der Waals surface area contributed by atoms with Crippen molar-refractivity contribution >= 4 is 0 Å². The fourth-order valence-electron chi connectivity index (χ4n) is 2.05. The molecule has 1 aromatic carbocycles. The molecule has 0 aliphatic carbocycles. The first-order chi connectivity index (χ1) is 9.02. The van der Waals surface area contributed by atoms with Crippen molar-refractivity contribution in [1.29, 1.82) is 0 Å². The van der Waals surface area contributed by atoms with Crippen molar-refractivity contribution in [2.24, 2.45) is 0 Å². The van der Waals surface area contributed by atoms with Crippen LogP contribution in [0.25, 0.3) is 11.3 Å². The number of aryl methyl sites for hydroxylation is 1. The third kappa shape index (κ3) is 2.75. The summed E-state index contributed by atoms with van der Waals surface area (Å²) in [4.78, 5) is 19.2. The van der Waals surface area contributed by atoms with E-state index in [0.717, 1.165) is 23.5 Å². The van der Waals surface area contributed by atoms with Crippen molar-refractivity contribution in [3.8, 4) is 11.3 Å². The molecule has 0 atom stereocenters. The summed E-state index contributed by atoms with van der Waals surface area (Å²) in [5.41, 5.74) is 3.71. The molecule has 3 heteroatoms. The second kappa shape index (κ2) is 5.39. The van der Waals surface area contributed by atoms with Gasteiger partial charge in [0.25, 0.3) is 5.56 Å². The van der Waals surface area contributed by atoms with Crippen LogP contribution >= 0.6 is 0 Å². The van der Waals surface area contributed by atoms with Crippen molar-refractivity contribution < 1.29 is 0 Å². The van der Waals surface area contributed by atoms with Gasteiger partial charge in [-0.2, -0.15) is 0 Å². The highest BCUT2D eigenvalue weighted by Gasteiger charge is 2.09. The fourth-order valence-corrected chi connectivity index (χ4v) is 2.05. The molecule has 100 valence electrons. The van der Waals surface area contributed by atoms with Crippen LogP contribution in [0, 0.1) is 6.92 Å². The minimum atomic E-state index is -0.0465. The molecule has 3 nitrogen and oxygen atoms in total. The van der Waals surface area contributed by atoms with Gasteiger partial charge in [-0.25, -0.2) is 4.98 Å². The van der Waals surface area contributed by atoms with E-state index in [9.17, 15) is 4.79 Å². The topological polar surface area (TPSA) is 45.8 Å². The third-order valence-electron chi connectivity index (χ3n) is 3.39. The monoisotopic (exact) mass is 256 g/mol. The number of nitrogens with one attached hydrogen (secondary N) is 1. The molecule has 19 heavy (non-hydrogen) atoms. The number of H-pyrrole nitrogens is 1. The summed E-state index contributed by atoms with van der Waals surface area (Å²) in [5, 5.41) is 0. The molecule has 0 amide bonds. The molecule has 0 spiro atoms. The highest BCUT2D eigenvalue weighted by Crippen LogP contribution is 2.22. The summed E-state index contributed by atoms with van der Waals surface area (Å²) in [7, 11) is 0. The van der Waals surface area contributed by atoms with Crippen molar-refractivity contribution in [2.75, 3.05) is 0 Å². The van der Waals surface area contributed by atoms with E-state index in [-0.39, 0.29) is 5.56 Å². The van der Waals surface area contributed by atoms with Crippen LogP contribution in [0.2, 0.25) is 0 Å². The average molecular weight is 256 g/mol. The second-order valence-electron chi connectivity index (χ2n) is 5.12. The molecule has 1 aromatic heterocycles. The lowest BCUT2D eigenvalue weighted by atomic mass is 10.00. The third-order valence-corrected chi connectivity index (χ3v) is 3.39. The van der Waals surface area contributed by atoms with E-state index >= 15 is 0 Å². The molecular formula is C16H20N2O. The maximum atomic E-state index is 11.9. The number of hydrogen-bond acceptors (Lipinski definition) is 2. The minimum absolute atomic E-state index is 0.0465. The summed E-state index contributed by atoms with van der Waals surface area (Å²) in [5.74, 6) is 1.24. The molecule has 0 aliphatic rings. The Morgan fingerprint density at radius 2 is 1.84 bits per heavy atom. The van der Waals surface area contributed by atoms with Crippen LogP contribution in [0.4, 0.5) is 0 Å². The zero-order valence-electron chi connectivity index (χ0n) is 11.9. The lowest BCUT2D eigenvalue weighted by molar-refractivity contribution is 0.866. The highest BCUT2D eigenvalue weighted by molar-refractivity contribution is 5.62. The van der Waals surface area contributed by atoms with Gasteiger partial charge in [-0.05, 0) is 18.4 Å². The first-order valence-electron chi connectivity index (χ1n) is 6.73.